The van der Waals surface area contributed by atoms with Gasteiger partial charge in [0.25, 0.3) is 28.8 Å². The van der Waals surface area contributed by atoms with Crippen molar-refractivity contribution in [3.05, 3.63) is 222 Å². The van der Waals surface area contributed by atoms with Crippen LogP contribution >= 0.6 is 0 Å². The molecule has 1 unspecified atom stereocenters. The molecule has 19 nitrogen and oxygen atoms in total. The Morgan fingerprint density at radius 1 is 0.506 bits per heavy atom. The summed E-state index contributed by atoms with van der Waals surface area (Å²) in [5.41, 5.74) is 2.34. The maximum Gasteiger partial charge on any atom is 0.339 e. The highest BCUT2D eigenvalue weighted by Gasteiger charge is 2.28. The number of aliphatic carboxylic acids is 1. The van der Waals surface area contributed by atoms with Gasteiger partial charge in [-0.05, 0) is 73.2 Å². The first-order valence-corrected chi connectivity index (χ1v) is 25.6. The van der Waals surface area contributed by atoms with Crippen LogP contribution in [0.4, 0.5) is 0 Å². The number of nitrogens with one attached hydrogen (secondary N) is 5. The lowest BCUT2D eigenvalue weighted by Crippen LogP contribution is -2.48. The van der Waals surface area contributed by atoms with Crippen LogP contribution in [0.1, 0.15) is 94.3 Å². The number of ether oxygens (including phenoxy) is 4. The molecule has 0 aliphatic heterocycles. The Hall–Kier alpha value is -9.49. The van der Waals surface area contributed by atoms with E-state index >= 15 is 0 Å². The quantitative estimate of drug-likeness (QED) is 0.0244. The van der Waals surface area contributed by atoms with Crippen molar-refractivity contribution in [3.8, 4) is 23.0 Å². The molecule has 2 heterocycles. The van der Waals surface area contributed by atoms with Gasteiger partial charge in [-0.3, -0.25) is 33.7 Å². The third kappa shape index (κ3) is 17.0. The summed E-state index contributed by atoms with van der Waals surface area (Å²) in [6, 6.07) is 41.2. The number of hydrogen-bond donors (Lipinski definition) is 7. The predicted molar refractivity (Wildman–Crippen MR) is 294 cm³/mol. The minimum Gasteiger partial charge on any atom is -0.484 e. The molecule has 5 aromatic carbocycles. The first kappa shape index (κ1) is 57.2. The number of aromatic nitrogens is 2. The summed E-state index contributed by atoms with van der Waals surface area (Å²) in [7, 11) is 0. The normalized spacial score (nSPS) is 11.3. The van der Waals surface area contributed by atoms with Crippen molar-refractivity contribution in [2.75, 3.05) is 32.7 Å². The van der Waals surface area contributed by atoms with Crippen molar-refractivity contribution < 1.29 is 53.1 Å². The molecule has 0 fully saturated rings. The van der Waals surface area contributed by atoms with E-state index in [1.165, 1.54) is 24.3 Å². The number of aryl methyl sites for hydroxylation is 2. The summed E-state index contributed by atoms with van der Waals surface area (Å²) in [6.07, 6.45) is 0.0351. The maximum absolute atomic E-state index is 14.7. The zero-order valence-corrected chi connectivity index (χ0v) is 43.8. The van der Waals surface area contributed by atoms with E-state index in [9.17, 15) is 43.8 Å². The fourth-order valence-electron chi connectivity index (χ4n) is 8.52. The average molecular weight is 1080 g/mol. The van der Waals surface area contributed by atoms with E-state index in [0.29, 0.717) is 11.4 Å². The van der Waals surface area contributed by atoms with Crippen LogP contribution in [0.25, 0.3) is 0 Å². The molecule has 2 aromatic heterocycles. The number of benzene rings is 5. The molecule has 0 spiro atoms. The van der Waals surface area contributed by atoms with Gasteiger partial charge in [0, 0.05) is 56.6 Å². The number of amides is 3. The second-order valence-corrected chi connectivity index (χ2v) is 18.5. The number of carbonyl (C=O) groups is 5. The fourth-order valence-corrected chi connectivity index (χ4v) is 8.52. The molecular formula is C60H62N6O13. The molecule has 0 saturated heterocycles. The minimum atomic E-state index is -1.32. The van der Waals surface area contributed by atoms with Crippen molar-refractivity contribution in [3.63, 3.8) is 0 Å². The number of nitrogens with zero attached hydrogens (tertiary/aromatic N) is 1. The van der Waals surface area contributed by atoms with Crippen LogP contribution in [0.2, 0.25) is 0 Å². The second-order valence-electron chi connectivity index (χ2n) is 18.5. The molecule has 7 rings (SSSR count). The van der Waals surface area contributed by atoms with Gasteiger partial charge in [-0.25, -0.2) is 4.79 Å². The number of carboxylic acids is 2. The number of carbonyl (C=O) groups excluding carboxylic acids is 3. The Balaban J connectivity index is 1.16. The van der Waals surface area contributed by atoms with Gasteiger partial charge in [0.05, 0.1) is 16.7 Å². The van der Waals surface area contributed by atoms with Gasteiger partial charge in [0.2, 0.25) is 0 Å². The molecule has 0 saturated carbocycles. The van der Waals surface area contributed by atoms with Gasteiger partial charge in [-0.15, -0.1) is 0 Å². The molecular weight excluding hydrogens is 1010 g/mol. The zero-order valence-electron chi connectivity index (χ0n) is 43.8. The van der Waals surface area contributed by atoms with Gasteiger partial charge in [-0.1, -0.05) is 121 Å². The second kappa shape index (κ2) is 28.6. The lowest BCUT2D eigenvalue weighted by Gasteiger charge is -2.29. The van der Waals surface area contributed by atoms with E-state index in [-0.39, 0.29) is 124 Å². The number of aromatic carboxylic acids is 1. The predicted octanol–water partition coefficient (Wildman–Crippen LogP) is 7.21. The van der Waals surface area contributed by atoms with Crippen LogP contribution in [0.3, 0.4) is 0 Å². The summed E-state index contributed by atoms with van der Waals surface area (Å²) in [4.78, 5) is 101. The summed E-state index contributed by atoms with van der Waals surface area (Å²) in [5.74, 6) is -4.94. The summed E-state index contributed by atoms with van der Waals surface area (Å²) >= 11 is 0. The van der Waals surface area contributed by atoms with Crippen LogP contribution in [0.15, 0.2) is 155 Å². The topological polar surface area (TPSA) is 268 Å². The van der Waals surface area contributed by atoms with E-state index in [0.717, 1.165) is 22.3 Å². The lowest BCUT2D eigenvalue weighted by molar-refractivity contribution is -0.137. The molecule has 1 atom stereocenters. The van der Waals surface area contributed by atoms with Crippen LogP contribution in [0, 0.1) is 13.8 Å². The molecule has 0 radical (unpaired) electrons. The standard InChI is InChI=1S/C60H62N6O13/c1-39-32-48(53(58(72)63-39)78-37-43-20-11-5-12-21-43)55(69)61-28-30-66(31-29-62-56(70)49-33-40(2)64-59(73)54(49)79-38-44-22-13-6-14-23-44)34-45(24-15-25-50(67)68)65-57(71)46-26-27-47(60(74)75)52(77-36-42-18-9-4-10-19-42)51(46)76-35-41-16-7-3-8-17-41/h3-14,16-23,26-27,32-33,45H,15,24-25,28-31,34-38H2,1-2H3,(H,61,69)(H,62,70)(H,63,72)(H,64,73)(H,65,71)(H,67,68)(H,74,75). The maximum atomic E-state index is 14.7. The Bertz CT molecular complexity index is 3190. The van der Waals surface area contributed by atoms with Gasteiger partial charge < -0.3 is 55.1 Å². The van der Waals surface area contributed by atoms with Gasteiger partial charge in [0.1, 0.15) is 32.0 Å². The highest BCUT2D eigenvalue weighted by Crippen LogP contribution is 2.37. The van der Waals surface area contributed by atoms with Crippen molar-refractivity contribution in [2.24, 2.45) is 0 Å². The Morgan fingerprint density at radius 2 is 0.886 bits per heavy atom. The van der Waals surface area contributed by atoms with E-state index in [2.05, 4.69) is 25.9 Å². The van der Waals surface area contributed by atoms with Gasteiger partial charge in [0.15, 0.2) is 23.0 Å². The molecule has 0 aliphatic carbocycles. The highest BCUT2D eigenvalue weighted by molar-refractivity contribution is 6.01. The van der Waals surface area contributed by atoms with Crippen molar-refractivity contribution >= 4 is 29.7 Å². The Labute approximate surface area is 455 Å². The third-order valence-corrected chi connectivity index (χ3v) is 12.4. The molecule has 3 amide bonds. The average Bonchev–Trinajstić information content (AvgIpc) is 3.48. The van der Waals surface area contributed by atoms with Crippen LogP contribution in [-0.4, -0.2) is 93.5 Å². The van der Waals surface area contributed by atoms with Crippen molar-refractivity contribution in [1.29, 1.82) is 0 Å². The van der Waals surface area contributed by atoms with Crippen molar-refractivity contribution in [1.82, 2.24) is 30.8 Å². The molecule has 0 bridgehead atoms. The number of H-pyrrole nitrogens is 2. The molecule has 7 N–H and O–H groups in total. The molecule has 410 valence electrons. The van der Waals surface area contributed by atoms with Crippen molar-refractivity contribution in [2.45, 2.75) is 65.6 Å². The van der Waals surface area contributed by atoms with Gasteiger partial charge in [-0.2, -0.15) is 0 Å². The summed E-state index contributed by atoms with van der Waals surface area (Å²) in [5, 5.41) is 28.8. The summed E-state index contributed by atoms with van der Waals surface area (Å²) < 4.78 is 24.3. The number of rotatable bonds is 29. The highest BCUT2D eigenvalue weighted by atomic mass is 16.5. The summed E-state index contributed by atoms with van der Waals surface area (Å²) in [6.45, 7) is 3.38. The molecule has 0 aliphatic rings. The van der Waals surface area contributed by atoms with Crippen LogP contribution in [0.5, 0.6) is 23.0 Å². The monoisotopic (exact) mass is 1070 g/mol. The first-order valence-electron chi connectivity index (χ1n) is 25.6. The Morgan fingerprint density at radius 3 is 1.28 bits per heavy atom. The van der Waals surface area contributed by atoms with E-state index in [1.807, 2.05) is 102 Å². The third-order valence-electron chi connectivity index (χ3n) is 12.4. The number of carboxylic acid groups (broad SMARTS) is 2. The lowest BCUT2D eigenvalue weighted by atomic mass is 10.0. The molecule has 19 heteroatoms. The van der Waals surface area contributed by atoms with Crippen LogP contribution in [-0.2, 0) is 31.2 Å². The first-order chi connectivity index (χ1) is 38.2. The zero-order chi connectivity index (χ0) is 56.1. The number of hydrogen-bond acceptors (Lipinski definition) is 12. The van der Waals surface area contributed by atoms with E-state index < -0.39 is 46.8 Å². The Kier molecular flexibility index (Phi) is 20.7. The van der Waals surface area contributed by atoms with E-state index in [4.69, 9.17) is 18.9 Å². The number of aromatic amines is 2. The smallest absolute Gasteiger partial charge is 0.339 e. The molecule has 79 heavy (non-hydrogen) atoms. The fraction of sp³-hybridized carbons (Fsp3) is 0.250. The molecule has 7 aromatic rings. The van der Waals surface area contributed by atoms with Gasteiger partial charge >= 0.3 is 11.9 Å². The van der Waals surface area contributed by atoms with Crippen LogP contribution < -0.4 is 46.0 Å². The minimum absolute atomic E-state index is 0.000411. The van der Waals surface area contributed by atoms with E-state index in [1.54, 1.807) is 38.1 Å². The SMILES string of the molecule is Cc1cc(C(=O)NCCN(CCNC(=O)c2cc(C)[nH]c(=O)c2OCc2ccccc2)CC(CCCC(=O)O)NC(=O)c2ccc(C(=O)O)c(OCc3ccccc3)c2OCc2ccccc2)c(OCc2ccccc2)c(=O)[nH]1. The number of pyridine rings is 2. The largest absolute Gasteiger partial charge is 0.484 e.